The highest BCUT2D eigenvalue weighted by atomic mass is 32.1. The van der Waals surface area contributed by atoms with Gasteiger partial charge in [-0.15, -0.1) is 11.3 Å². The number of fused-ring (bicyclic) bond motifs is 1. The van der Waals surface area contributed by atoms with E-state index in [0.29, 0.717) is 12.5 Å². The van der Waals surface area contributed by atoms with Gasteiger partial charge in [0.15, 0.2) is 0 Å². The van der Waals surface area contributed by atoms with Gasteiger partial charge in [-0.3, -0.25) is 4.79 Å². The first-order valence-corrected chi connectivity index (χ1v) is 8.20. The number of carbonyl (C=O) groups excluding carboxylic acids is 1. The third kappa shape index (κ3) is 3.22. The molecule has 0 radical (unpaired) electrons. The van der Waals surface area contributed by atoms with Gasteiger partial charge in [0.2, 0.25) is 0 Å². The van der Waals surface area contributed by atoms with Crippen LogP contribution >= 0.6 is 11.3 Å². The van der Waals surface area contributed by atoms with Crippen molar-refractivity contribution in [3.8, 4) is 0 Å². The molecule has 1 amide bonds. The summed E-state index contributed by atoms with van der Waals surface area (Å²) < 4.78 is 5.42. The van der Waals surface area contributed by atoms with Crippen molar-refractivity contribution in [2.24, 2.45) is 5.92 Å². The van der Waals surface area contributed by atoms with Gasteiger partial charge in [-0.1, -0.05) is 0 Å². The van der Waals surface area contributed by atoms with E-state index in [1.807, 2.05) is 6.07 Å². The minimum Gasteiger partial charge on any atom is -0.376 e. The number of hydrogen-bond acceptors (Lipinski definition) is 4. The number of ether oxygens (including phenoxy) is 1. The molecule has 0 spiro atoms. The van der Waals surface area contributed by atoms with Gasteiger partial charge in [0.05, 0.1) is 18.1 Å². The van der Waals surface area contributed by atoms with Gasteiger partial charge < -0.3 is 15.0 Å². The summed E-state index contributed by atoms with van der Waals surface area (Å²) in [5, 5.41) is 3.10. The molecule has 5 heteroatoms. The smallest absolute Gasteiger partial charge is 0.261 e. The van der Waals surface area contributed by atoms with Gasteiger partial charge >= 0.3 is 0 Å². The number of amides is 1. The van der Waals surface area contributed by atoms with E-state index in [1.54, 1.807) is 11.3 Å². The van der Waals surface area contributed by atoms with Crippen LogP contribution in [0.3, 0.4) is 0 Å². The zero-order valence-electron chi connectivity index (χ0n) is 12.0. The van der Waals surface area contributed by atoms with Crippen molar-refractivity contribution in [1.29, 1.82) is 0 Å². The van der Waals surface area contributed by atoms with E-state index in [1.165, 1.54) is 23.3 Å². The molecule has 110 valence electrons. The Hall–Kier alpha value is -0.910. The van der Waals surface area contributed by atoms with Crippen LogP contribution in [0.15, 0.2) is 6.07 Å². The molecule has 20 heavy (non-hydrogen) atoms. The number of hydrogen-bond donors (Lipinski definition) is 1. The molecule has 0 saturated carbocycles. The monoisotopic (exact) mass is 294 g/mol. The Labute approximate surface area is 124 Å². The number of nitrogens with zero attached hydrogens (tertiary/aromatic N) is 1. The molecule has 2 aliphatic heterocycles. The number of rotatable bonds is 3. The zero-order chi connectivity index (χ0) is 13.9. The number of nitrogens with one attached hydrogen (secondary N) is 1. The standard InChI is InChI=1S/C15H22N2O2S/c1-17-5-2-11(3-6-17)9-16-15(18)14-8-12-10-19-7-4-13(12)20-14/h8,11H,2-7,9-10H2,1H3,(H,16,18). The first-order chi connectivity index (χ1) is 9.72. The fourth-order valence-electron chi connectivity index (χ4n) is 2.85. The predicted molar refractivity (Wildman–Crippen MR) is 80.2 cm³/mol. The van der Waals surface area contributed by atoms with Crippen molar-refractivity contribution < 1.29 is 9.53 Å². The Kier molecular flexibility index (Phi) is 4.38. The Morgan fingerprint density at radius 2 is 2.30 bits per heavy atom. The van der Waals surface area contributed by atoms with Crippen LogP contribution < -0.4 is 5.32 Å². The van der Waals surface area contributed by atoms with Gasteiger partial charge in [0, 0.05) is 17.8 Å². The lowest BCUT2D eigenvalue weighted by Crippen LogP contribution is -2.36. The second-order valence-corrected chi connectivity index (χ2v) is 6.96. The minimum atomic E-state index is 0.0864. The third-order valence-electron chi connectivity index (χ3n) is 4.24. The Morgan fingerprint density at radius 1 is 1.50 bits per heavy atom. The number of thiophene rings is 1. The fourth-order valence-corrected chi connectivity index (χ4v) is 3.92. The molecule has 0 aliphatic carbocycles. The van der Waals surface area contributed by atoms with E-state index in [-0.39, 0.29) is 5.91 Å². The Bertz CT molecular complexity index is 455. The molecule has 1 aromatic rings. The van der Waals surface area contributed by atoms with Crippen LogP contribution in [0, 0.1) is 5.92 Å². The van der Waals surface area contributed by atoms with E-state index in [0.717, 1.165) is 37.5 Å². The Morgan fingerprint density at radius 3 is 3.05 bits per heavy atom. The van der Waals surface area contributed by atoms with Crippen LogP contribution in [0.2, 0.25) is 0 Å². The summed E-state index contributed by atoms with van der Waals surface area (Å²) in [4.78, 5) is 16.7. The molecule has 0 atom stereocenters. The molecule has 1 N–H and O–H groups in total. The van der Waals surface area contributed by atoms with Crippen LogP contribution in [0.1, 0.15) is 33.0 Å². The van der Waals surface area contributed by atoms with E-state index >= 15 is 0 Å². The van der Waals surface area contributed by atoms with Crippen molar-refractivity contribution >= 4 is 17.2 Å². The average Bonchev–Trinajstić information content (AvgIpc) is 2.90. The van der Waals surface area contributed by atoms with Crippen molar-refractivity contribution in [1.82, 2.24) is 10.2 Å². The molecule has 2 aliphatic rings. The quantitative estimate of drug-likeness (QED) is 0.925. The normalized spacial score (nSPS) is 20.6. The zero-order valence-corrected chi connectivity index (χ0v) is 12.8. The number of likely N-dealkylation sites (tertiary alicyclic amines) is 1. The van der Waals surface area contributed by atoms with Crippen LogP contribution in [-0.2, 0) is 17.8 Å². The summed E-state index contributed by atoms with van der Waals surface area (Å²) in [6.07, 6.45) is 3.32. The van der Waals surface area contributed by atoms with Crippen LogP contribution in [0.25, 0.3) is 0 Å². The molecule has 1 fully saturated rings. The summed E-state index contributed by atoms with van der Waals surface area (Å²) in [6, 6.07) is 2.00. The van der Waals surface area contributed by atoms with Crippen LogP contribution in [-0.4, -0.2) is 44.1 Å². The summed E-state index contributed by atoms with van der Waals surface area (Å²) in [6.45, 7) is 4.54. The first kappa shape index (κ1) is 14.0. The highest BCUT2D eigenvalue weighted by Gasteiger charge is 2.20. The second kappa shape index (κ2) is 6.24. The Balaban J connectivity index is 1.52. The molecular formula is C15H22N2O2S. The highest BCUT2D eigenvalue weighted by molar-refractivity contribution is 7.14. The summed E-state index contributed by atoms with van der Waals surface area (Å²) in [5.41, 5.74) is 1.20. The SMILES string of the molecule is CN1CCC(CNC(=O)c2cc3c(s2)CCOC3)CC1. The minimum absolute atomic E-state index is 0.0864. The van der Waals surface area contributed by atoms with E-state index in [4.69, 9.17) is 4.74 Å². The molecule has 3 heterocycles. The van der Waals surface area contributed by atoms with E-state index in [9.17, 15) is 4.79 Å². The van der Waals surface area contributed by atoms with Crippen LogP contribution in [0.5, 0.6) is 0 Å². The lowest BCUT2D eigenvalue weighted by Gasteiger charge is -2.28. The molecular weight excluding hydrogens is 272 g/mol. The van der Waals surface area contributed by atoms with Gasteiger partial charge in [-0.05, 0) is 50.5 Å². The summed E-state index contributed by atoms with van der Waals surface area (Å²) in [5.74, 6) is 0.719. The van der Waals surface area contributed by atoms with E-state index < -0.39 is 0 Å². The third-order valence-corrected chi connectivity index (χ3v) is 5.48. The van der Waals surface area contributed by atoms with Gasteiger partial charge in [-0.25, -0.2) is 0 Å². The van der Waals surface area contributed by atoms with Gasteiger partial charge in [-0.2, -0.15) is 0 Å². The maximum Gasteiger partial charge on any atom is 0.261 e. The first-order valence-electron chi connectivity index (χ1n) is 7.38. The molecule has 4 nitrogen and oxygen atoms in total. The highest BCUT2D eigenvalue weighted by Crippen LogP contribution is 2.27. The lowest BCUT2D eigenvalue weighted by molar-refractivity contribution is 0.0942. The number of piperidine rings is 1. The molecule has 0 unspecified atom stereocenters. The summed E-state index contributed by atoms with van der Waals surface area (Å²) in [7, 11) is 2.16. The molecule has 1 saturated heterocycles. The summed E-state index contributed by atoms with van der Waals surface area (Å²) >= 11 is 1.63. The number of carbonyl (C=O) groups is 1. The van der Waals surface area contributed by atoms with Gasteiger partial charge in [0.1, 0.15) is 0 Å². The molecule has 3 rings (SSSR count). The molecule has 0 bridgehead atoms. The van der Waals surface area contributed by atoms with Crippen molar-refractivity contribution in [3.05, 3.63) is 21.4 Å². The molecule has 1 aromatic heterocycles. The predicted octanol–water partition coefficient (Wildman–Crippen LogP) is 1.89. The van der Waals surface area contributed by atoms with Crippen LogP contribution in [0.4, 0.5) is 0 Å². The largest absolute Gasteiger partial charge is 0.376 e. The van der Waals surface area contributed by atoms with Crippen molar-refractivity contribution in [2.45, 2.75) is 25.9 Å². The molecule has 0 aromatic carbocycles. The van der Waals surface area contributed by atoms with E-state index in [2.05, 4.69) is 17.3 Å². The maximum absolute atomic E-state index is 12.2. The lowest BCUT2D eigenvalue weighted by atomic mass is 9.97. The van der Waals surface area contributed by atoms with Gasteiger partial charge in [0.25, 0.3) is 5.91 Å². The average molecular weight is 294 g/mol. The maximum atomic E-state index is 12.2. The second-order valence-electron chi connectivity index (χ2n) is 5.82. The van der Waals surface area contributed by atoms with Crippen molar-refractivity contribution in [3.63, 3.8) is 0 Å². The fraction of sp³-hybridized carbons (Fsp3) is 0.667. The topological polar surface area (TPSA) is 41.6 Å². The van der Waals surface area contributed by atoms with Crippen molar-refractivity contribution in [2.75, 3.05) is 33.3 Å².